The van der Waals surface area contributed by atoms with Crippen LogP contribution in [0.15, 0.2) is 0 Å². The minimum atomic E-state index is -1.44. The van der Waals surface area contributed by atoms with Gasteiger partial charge in [-0.05, 0) is 25.7 Å². The van der Waals surface area contributed by atoms with E-state index in [-0.39, 0.29) is 36.6 Å². The van der Waals surface area contributed by atoms with Crippen LogP contribution in [0, 0.1) is 11.8 Å². The number of likely N-dealkylation sites (tertiary alicyclic amines) is 1. The summed E-state index contributed by atoms with van der Waals surface area (Å²) in [6, 6.07) is 0. The van der Waals surface area contributed by atoms with Crippen molar-refractivity contribution in [1.29, 1.82) is 0 Å². The van der Waals surface area contributed by atoms with Crippen LogP contribution in [0.1, 0.15) is 32.1 Å². The summed E-state index contributed by atoms with van der Waals surface area (Å²) in [5.41, 5.74) is 0. The van der Waals surface area contributed by atoms with Crippen LogP contribution in [-0.2, 0) is 14.4 Å². The van der Waals surface area contributed by atoms with E-state index < -0.39 is 12.1 Å². The van der Waals surface area contributed by atoms with E-state index in [2.05, 4.69) is 5.32 Å². The molecule has 0 aromatic heterocycles. The van der Waals surface area contributed by atoms with Gasteiger partial charge >= 0.3 is 5.97 Å². The van der Waals surface area contributed by atoms with E-state index in [4.69, 9.17) is 10.2 Å². The number of aliphatic hydroxyl groups is 1. The second-order valence-electron chi connectivity index (χ2n) is 5.81. The lowest BCUT2D eigenvalue weighted by Gasteiger charge is -2.31. The van der Waals surface area contributed by atoms with Gasteiger partial charge in [0.15, 0.2) is 6.10 Å². The molecule has 118 valence electrons. The Labute approximate surface area is 123 Å². The number of carboxylic acid groups (broad SMARTS) is 1. The van der Waals surface area contributed by atoms with Crippen LogP contribution in [0.25, 0.3) is 0 Å². The Kier molecular flexibility index (Phi) is 5.17. The predicted molar refractivity (Wildman–Crippen MR) is 73.3 cm³/mol. The van der Waals surface area contributed by atoms with Gasteiger partial charge in [-0.3, -0.25) is 9.59 Å². The molecule has 0 aromatic carbocycles. The van der Waals surface area contributed by atoms with Crippen molar-refractivity contribution in [3.05, 3.63) is 0 Å². The molecule has 1 atom stereocenters. The molecule has 7 nitrogen and oxygen atoms in total. The molecule has 0 unspecified atom stereocenters. The highest BCUT2D eigenvalue weighted by atomic mass is 16.4. The molecule has 1 saturated heterocycles. The Morgan fingerprint density at radius 1 is 1.10 bits per heavy atom. The third-order valence-electron chi connectivity index (χ3n) is 4.11. The normalized spacial score (nSPS) is 20.9. The molecule has 0 aromatic rings. The van der Waals surface area contributed by atoms with E-state index in [1.165, 1.54) is 0 Å². The summed E-state index contributed by atoms with van der Waals surface area (Å²) in [6.07, 6.45) is 1.83. The van der Waals surface area contributed by atoms with Crippen molar-refractivity contribution in [2.45, 2.75) is 38.2 Å². The number of aliphatic hydroxyl groups excluding tert-OH is 1. The Morgan fingerprint density at radius 3 is 2.24 bits per heavy atom. The lowest BCUT2D eigenvalue weighted by molar-refractivity contribution is -0.147. The van der Waals surface area contributed by atoms with E-state index in [0.717, 1.165) is 12.8 Å². The Morgan fingerprint density at radius 2 is 1.71 bits per heavy atom. The lowest BCUT2D eigenvalue weighted by atomic mass is 9.95. The van der Waals surface area contributed by atoms with Gasteiger partial charge in [-0.1, -0.05) is 0 Å². The second kappa shape index (κ2) is 6.89. The quantitative estimate of drug-likeness (QED) is 0.618. The fourth-order valence-electron chi connectivity index (χ4n) is 2.55. The van der Waals surface area contributed by atoms with Gasteiger partial charge in [0, 0.05) is 37.9 Å². The highest BCUT2D eigenvalue weighted by molar-refractivity contribution is 5.82. The van der Waals surface area contributed by atoms with Crippen LogP contribution in [-0.4, -0.2) is 58.6 Å². The molecule has 7 heteroatoms. The minimum Gasteiger partial charge on any atom is -0.479 e. The fourth-order valence-corrected chi connectivity index (χ4v) is 2.55. The zero-order valence-corrected chi connectivity index (χ0v) is 12.0. The number of hydrogen-bond acceptors (Lipinski definition) is 4. The third-order valence-corrected chi connectivity index (χ3v) is 4.11. The number of nitrogens with one attached hydrogen (secondary N) is 1. The number of carboxylic acids is 1. The maximum Gasteiger partial charge on any atom is 0.332 e. The monoisotopic (exact) mass is 298 g/mol. The highest BCUT2D eigenvalue weighted by Gasteiger charge is 2.35. The molecule has 0 bridgehead atoms. The van der Waals surface area contributed by atoms with E-state index in [1.807, 2.05) is 4.90 Å². The van der Waals surface area contributed by atoms with E-state index >= 15 is 0 Å². The summed E-state index contributed by atoms with van der Waals surface area (Å²) in [6.45, 7) is 1.38. The number of aliphatic carboxylic acids is 1. The number of rotatable bonds is 6. The van der Waals surface area contributed by atoms with Crippen LogP contribution >= 0.6 is 0 Å². The molecule has 2 fully saturated rings. The third kappa shape index (κ3) is 4.42. The predicted octanol–water partition coefficient (Wildman–Crippen LogP) is -0.413. The zero-order chi connectivity index (χ0) is 15.4. The molecule has 2 amide bonds. The standard InChI is InChI=1S/C14H22N2O5/c17-11(14(20)21)3-6-15-12(18)9-4-7-16(8-5-9)13(19)10-1-2-10/h9-11,17H,1-8H2,(H,15,18)(H,20,21)/t11-/m0/s1. The van der Waals surface area contributed by atoms with E-state index in [1.54, 1.807) is 0 Å². The average Bonchev–Trinajstić information content (AvgIpc) is 3.31. The molecule has 1 saturated carbocycles. The number of amides is 2. The summed E-state index contributed by atoms with van der Waals surface area (Å²) in [5, 5.41) is 20.3. The average molecular weight is 298 g/mol. The van der Waals surface area contributed by atoms with Crippen molar-refractivity contribution in [2.75, 3.05) is 19.6 Å². The van der Waals surface area contributed by atoms with Gasteiger partial charge in [0.05, 0.1) is 0 Å². The number of carbonyl (C=O) groups excluding carboxylic acids is 2. The first kappa shape index (κ1) is 15.8. The molecule has 1 aliphatic carbocycles. The molecule has 2 aliphatic rings. The molecule has 1 aliphatic heterocycles. The van der Waals surface area contributed by atoms with Crippen molar-refractivity contribution in [3.63, 3.8) is 0 Å². The number of carbonyl (C=O) groups is 3. The van der Waals surface area contributed by atoms with Gasteiger partial charge < -0.3 is 20.4 Å². The van der Waals surface area contributed by atoms with Gasteiger partial charge in [-0.15, -0.1) is 0 Å². The van der Waals surface area contributed by atoms with Gasteiger partial charge in [-0.25, -0.2) is 4.79 Å². The number of nitrogens with zero attached hydrogens (tertiary/aromatic N) is 1. The van der Waals surface area contributed by atoms with Crippen LogP contribution in [0.5, 0.6) is 0 Å². The lowest BCUT2D eigenvalue weighted by Crippen LogP contribution is -2.44. The SMILES string of the molecule is O=C(NCC[C@H](O)C(=O)O)C1CCN(C(=O)C2CC2)CC1. The van der Waals surface area contributed by atoms with Crippen molar-refractivity contribution >= 4 is 17.8 Å². The Balaban J connectivity index is 1.65. The first-order valence-electron chi connectivity index (χ1n) is 7.46. The summed E-state index contributed by atoms with van der Waals surface area (Å²) in [5.74, 6) is -1.09. The maximum atomic E-state index is 11.9. The molecule has 21 heavy (non-hydrogen) atoms. The van der Waals surface area contributed by atoms with Crippen LogP contribution < -0.4 is 5.32 Å². The van der Waals surface area contributed by atoms with Gasteiger partial charge in [0.2, 0.25) is 11.8 Å². The topological polar surface area (TPSA) is 107 Å². The molecule has 3 N–H and O–H groups in total. The van der Waals surface area contributed by atoms with Crippen LogP contribution in [0.3, 0.4) is 0 Å². The summed E-state index contributed by atoms with van der Waals surface area (Å²) >= 11 is 0. The molecule has 0 radical (unpaired) electrons. The van der Waals surface area contributed by atoms with Crippen LogP contribution in [0.2, 0.25) is 0 Å². The number of hydrogen-bond donors (Lipinski definition) is 3. The maximum absolute atomic E-state index is 11.9. The van der Waals surface area contributed by atoms with Crippen molar-refractivity contribution in [2.24, 2.45) is 11.8 Å². The Bertz CT molecular complexity index is 414. The molecule has 0 spiro atoms. The summed E-state index contributed by atoms with van der Waals surface area (Å²) in [4.78, 5) is 36.1. The highest BCUT2D eigenvalue weighted by Crippen LogP contribution is 2.32. The summed E-state index contributed by atoms with van der Waals surface area (Å²) < 4.78 is 0. The fraction of sp³-hybridized carbons (Fsp3) is 0.786. The largest absolute Gasteiger partial charge is 0.479 e. The molecule has 2 rings (SSSR count). The molecular formula is C14H22N2O5. The van der Waals surface area contributed by atoms with Crippen molar-refractivity contribution < 1.29 is 24.6 Å². The van der Waals surface area contributed by atoms with Gasteiger partial charge in [0.25, 0.3) is 0 Å². The van der Waals surface area contributed by atoms with Gasteiger partial charge in [0.1, 0.15) is 0 Å². The Hall–Kier alpha value is -1.63. The smallest absolute Gasteiger partial charge is 0.332 e. The minimum absolute atomic E-state index is 0.0000836. The van der Waals surface area contributed by atoms with Gasteiger partial charge in [-0.2, -0.15) is 0 Å². The van der Waals surface area contributed by atoms with E-state index in [0.29, 0.717) is 25.9 Å². The number of piperidine rings is 1. The van der Waals surface area contributed by atoms with E-state index in [9.17, 15) is 14.4 Å². The summed E-state index contributed by atoms with van der Waals surface area (Å²) in [7, 11) is 0. The second-order valence-corrected chi connectivity index (χ2v) is 5.81. The zero-order valence-electron chi connectivity index (χ0n) is 12.0. The molecule has 1 heterocycles. The van der Waals surface area contributed by atoms with Crippen molar-refractivity contribution in [1.82, 2.24) is 10.2 Å². The van der Waals surface area contributed by atoms with Crippen LogP contribution in [0.4, 0.5) is 0 Å². The molecular weight excluding hydrogens is 276 g/mol. The van der Waals surface area contributed by atoms with Crippen molar-refractivity contribution in [3.8, 4) is 0 Å². The first-order chi connectivity index (χ1) is 9.99. The first-order valence-corrected chi connectivity index (χ1v) is 7.46.